The lowest BCUT2D eigenvalue weighted by atomic mass is 9.98. The smallest absolute Gasteiger partial charge is 0.139 e. The summed E-state index contributed by atoms with van der Waals surface area (Å²) in [5.41, 5.74) is 2.30. The topological polar surface area (TPSA) is 17.8 Å². The van der Waals surface area contributed by atoms with Crippen molar-refractivity contribution in [3.05, 3.63) is 65.1 Å². The van der Waals surface area contributed by atoms with Crippen LogP contribution in [-0.4, -0.2) is 9.55 Å². The third-order valence-electron chi connectivity index (χ3n) is 3.18. The van der Waals surface area contributed by atoms with Crippen molar-refractivity contribution in [3.63, 3.8) is 0 Å². The molecular formula is C15H14N2S. The van der Waals surface area contributed by atoms with E-state index in [4.69, 9.17) is 0 Å². The number of hydrogen-bond acceptors (Lipinski definition) is 2. The molecule has 3 aromatic heterocycles. The van der Waals surface area contributed by atoms with E-state index in [-0.39, 0.29) is 5.92 Å². The lowest BCUT2D eigenvalue weighted by molar-refractivity contribution is 0.931. The van der Waals surface area contributed by atoms with Crippen molar-refractivity contribution in [2.45, 2.75) is 5.92 Å². The highest BCUT2D eigenvalue weighted by atomic mass is 32.1. The van der Waals surface area contributed by atoms with Crippen LogP contribution in [0.5, 0.6) is 0 Å². The summed E-state index contributed by atoms with van der Waals surface area (Å²) in [5, 5.41) is 3.31. The molecule has 90 valence electrons. The van der Waals surface area contributed by atoms with Crippen molar-refractivity contribution in [1.29, 1.82) is 0 Å². The molecular weight excluding hydrogens is 240 g/mol. The molecule has 0 aliphatic heterocycles. The molecule has 0 aliphatic carbocycles. The number of hydrogen-bond donors (Lipinski definition) is 0. The van der Waals surface area contributed by atoms with Crippen molar-refractivity contribution in [2.75, 3.05) is 0 Å². The molecule has 1 unspecified atom stereocenters. The van der Waals surface area contributed by atoms with E-state index >= 15 is 0 Å². The third kappa shape index (κ3) is 1.68. The number of thiophene rings is 1. The maximum absolute atomic E-state index is 4.43. The van der Waals surface area contributed by atoms with Crippen molar-refractivity contribution in [2.24, 2.45) is 7.05 Å². The molecule has 0 aliphatic rings. The molecule has 0 aromatic carbocycles. The van der Waals surface area contributed by atoms with Gasteiger partial charge in [0, 0.05) is 35.6 Å². The van der Waals surface area contributed by atoms with Gasteiger partial charge in [-0.15, -0.1) is 17.9 Å². The summed E-state index contributed by atoms with van der Waals surface area (Å²) in [6.45, 7) is 3.99. The number of fused-ring (bicyclic) bond motifs is 1. The SMILES string of the molecule is C=CC(c1cccs1)c1cn(C)c2ncccc12. The average molecular weight is 254 g/mol. The lowest BCUT2D eigenvalue weighted by Crippen LogP contribution is -1.93. The standard InChI is InChI=1S/C15H14N2S/c1-3-11(14-7-5-9-18-14)13-10-17(2)15-12(13)6-4-8-16-15/h3-11H,1H2,2H3. The van der Waals surface area contributed by atoms with Gasteiger partial charge in [-0.05, 0) is 29.1 Å². The summed E-state index contributed by atoms with van der Waals surface area (Å²) in [6.07, 6.45) is 6.00. The summed E-state index contributed by atoms with van der Waals surface area (Å²) in [5.74, 6) is 0.248. The summed E-state index contributed by atoms with van der Waals surface area (Å²) in [6, 6.07) is 8.36. The second-order valence-corrected chi connectivity index (χ2v) is 5.28. The van der Waals surface area contributed by atoms with Crippen LogP contribution >= 0.6 is 11.3 Å². The Morgan fingerprint density at radius 3 is 3.00 bits per heavy atom. The molecule has 0 N–H and O–H groups in total. The Balaban J connectivity index is 2.22. The Morgan fingerprint density at radius 1 is 1.39 bits per heavy atom. The molecule has 0 spiro atoms. The molecule has 0 fully saturated rings. The van der Waals surface area contributed by atoms with E-state index in [1.807, 2.05) is 25.4 Å². The summed E-state index contributed by atoms with van der Waals surface area (Å²) >= 11 is 1.77. The van der Waals surface area contributed by atoms with E-state index in [1.165, 1.54) is 15.8 Å². The number of rotatable bonds is 3. The Morgan fingerprint density at radius 2 is 2.28 bits per heavy atom. The summed E-state index contributed by atoms with van der Waals surface area (Å²) in [7, 11) is 2.04. The molecule has 0 saturated heterocycles. The lowest BCUT2D eigenvalue weighted by Gasteiger charge is -2.09. The second kappa shape index (κ2) is 4.42. The van der Waals surface area contributed by atoms with Crippen molar-refractivity contribution in [3.8, 4) is 0 Å². The summed E-state index contributed by atoms with van der Waals surface area (Å²) < 4.78 is 2.08. The van der Waals surface area contributed by atoms with Crippen LogP contribution in [0.4, 0.5) is 0 Å². The maximum Gasteiger partial charge on any atom is 0.139 e. The number of pyridine rings is 1. The van der Waals surface area contributed by atoms with Gasteiger partial charge in [-0.25, -0.2) is 4.98 Å². The van der Waals surface area contributed by atoms with Gasteiger partial charge in [0.05, 0.1) is 0 Å². The molecule has 3 aromatic rings. The Hall–Kier alpha value is -1.87. The van der Waals surface area contributed by atoms with Gasteiger partial charge >= 0.3 is 0 Å². The van der Waals surface area contributed by atoms with Gasteiger partial charge in [-0.1, -0.05) is 12.1 Å². The number of aromatic nitrogens is 2. The van der Waals surface area contributed by atoms with Crippen LogP contribution in [0.25, 0.3) is 11.0 Å². The Labute approximate surface area is 110 Å². The first-order chi connectivity index (χ1) is 8.81. The Kier molecular flexibility index (Phi) is 2.76. The van der Waals surface area contributed by atoms with Crippen LogP contribution in [0.15, 0.2) is 54.7 Å². The van der Waals surface area contributed by atoms with Gasteiger partial charge in [0.1, 0.15) is 5.65 Å². The maximum atomic E-state index is 4.43. The van der Waals surface area contributed by atoms with Crippen LogP contribution in [0, 0.1) is 0 Å². The first-order valence-corrected chi connectivity index (χ1v) is 6.75. The van der Waals surface area contributed by atoms with E-state index in [1.54, 1.807) is 11.3 Å². The molecule has 0 amide bonds. The van der Waals surface area contributed by atoms with Crippen LogP contribution in [0.1, 0.15) is 16.4 Å². The van der Waals surface area contributed by atoms with Gasteiger partial charge in [-0.2, -0.15) is 0 Å². The molecule has 18 heavy (non-hydrogen) atoms. The zero-order valence-corrected chi connectivity index (χ0v) is 11.0. The molecule has 3 rings (SSSR count). The van der Waals surface area contributed by atoms with Gasteiger partial charge in [-0.3, -0.25) is 0 Å². The number of allylic oxidation sites excluding steroid dienone is 1. The van der Waals surface area contributed by atoms with Crippen molar-refractivity contribution in [1.82, 2.24) is 9.55 Å². The fourth-order valence-corrected chi connectivity index (χ4v) is 3.20. The quantitative estimate of drug-likeness (QED) is 0.647. The zero-order valence-electron chi connectivity index (χ0n) is 10.2. The molecule has 0 saturated carbocycles. The van der Waals surface area contributed by atoms with Gasteiger partial charge in [0.25, 0.3) is 0 Å². The van der Waals surface area contributed by atoms with Crippen molar-refractivity contribution < 1.29 is 0 Å². The average Bonchev–Trinajstić information content (AvgIpc) is 3.01. The molecule has 0 radical (unpaired) electrons. The highest BCUT2D eigenvalue weighted by Gasteiger charge is 2.17. The first-order valence-electron chi connectivity index (χ1n) is 5.87. The van der Waals surface area contributed by atoms with E-state index in [0.29, 0.717) is 0 Å². The van der Waals surface area contributed by atoms with Crippen LogP contribution in [0.3, 0.4) is 0 Å². The fourth-order valence-electron chi connectivity index (χ4n) is 2.36. The van der Waals surface area contributed by atoms with Gasteiger partial charge in [0.2, 0.25) is 0 Å². The monoisotopic (exact) mass is 254 g/mol. The largest absolute Gasteiger partial charge is 0.335 e. The predicted octanol–water partition coefficient (Wildman–Crippen LogP) is 3.95. The zero-order chi connectivity index (χ0) is 12.5. The number of aryl methyl sites for hydroxylation is 1. The minimum absolute atomic E-state index is 0.248. The predicted molar refractivity (Wildman–Crippen MR) is 77.1 cm³/mol. The first kappa shape index (κ1) is 11.2. The van der Waals surface area contributed by atoms with E-state index < -0.39 is 0 Å². The van der Waals surface area contributed by atoms with E-state index in [2.05, 4.69) is 45.9 Å². The molecule has 0 bridgehead atoms. The van der Waals surface area contributed by atoms with Crippen LogP contribution < -0.4 is 0 Å². The van der Waals surface area contributed by atoms with Crippen LogP contribution in [-0.2, 0) is 7.05 Å². The van der Waals surface area contributed by atoms with Gasteiger partial charge < -0.3 is 4.57 Å². The highest BCUT2D eigenvalue weighted by Crippen LogP contribution is 2.34. The Bertz CT molecular complexity index is 680. The van der Waals surface area contributed by atoms with Crippen LogP contribution in [0.2, 0.25) is 0 Å². The molecule has 1 atom stereocenters. The minimum Gasteiger partial charge on any atom is -0.335 e. The molecule has 3 heterocycles. The van der Waals surface area contributed by atoms with Gasteiger partial charge in [0.15, 0.2) is 0 Å². The normalized spacial score (nSPS) is 12.7. The minimum atomic E-state index is 0.248. The molecule has 3 heteroatoms. The summed E-state index contributed by atoms with van der Waals surface area (Å²) in [4.78, 5) is 5.75. The third-order valence-corrected chi connectivity index (χ3v) is 4.14. The fraction of sp³-hybridized carbons (Fsp3) is 0.133. The highest BCUT2D eigenvalue weighted by molar-refractivity contribution is 7.10. The van der Waals surface area contributed by atoms with E-state index in [0.717, 1.165) is 5.65 Å². The molecule has 2 nitrogen and oxygen atoms in total. The second-order valence-electron chi connectivity index (χ2n) is 4.30. The van der Waals surface area contributed by atoms with E-state index in [9.17, 15) is 0 Å². The van der Waals surface area contributed by atoms with Crippen molar-refractivity contribution >= 4 is 22.4 Å². The number of nitrogens with zero attached hydrogens (tertiary/aromatic N) is 2.